The lowest BCUT2D eigenvalue weighted by atomic mass is 9.81. The molecule has 4 aromatic rings. The van der Waals surface area contributed by atoms with Crippen LogP contribution in [-0.2, 0) is 28.9 Å². The molecular formula is C35H34BrFN6O4. The maximum Gasteiger partial charge on any atom is 0.266 e. The Kier molecular flexibility index (Phi) is 11.6. The number of halogens is 2. The number of ether oxygens (including phenoxy) is 2. The van der Waals surface area contributed by atoms with Crippen molar-refractivity contribution in [3.63, 3.8) is 0 Å². The van der Waals surface area contributed by atoms with Crippen molar-refractivity contribution in [3.05, 3.63) is 146 Å². The summed E-state index contributed by atoms with van der Waals surface area (Å²) in [6.07, 6.45) is 0.107. The van der Waals surface area contributed by atoms with Crippen LogP contribution in [-0.4, -0.2) is 42.2 Å². The number of aliphatic hydroxyl groups is 1. The first kappa shape index (κ1) is 33.6. The van der Waals surface area contributed by atoms with Gasteiger partial charge in [-0.3, -0.25) is 10.2 Å². The summed E-state index contributed by atoms with van der Waals surface area (Å²) in [7, 11) is 0. The molecule has 1 amide bonds. The van der Waals surface area contributed by atoms with Crippen molar-refractivity contribution in [2.24, 2.45) is 10.1 Å². The molecule has 242 valence electrons. The first-order valence-corrected chi connectivity index (χ1v) is 15.9. The molecule has 4 aromatic carbocycles. The first-order valence-electron chi connectivity index (χ1n) is 15.1. The van der Waals surface area contributed by atoms with Crippen LogP contribution in [0.15, 0.2) is 112 Å². The van der Waals surface area contributed by atoms with Crippen LogP contribution in [0.25, 0.3) is 10.4 Å². The zero-order valence-electron chi connectivity index (χ0n) is 25.5. The minimum Gasteiger partial charge on any atom is -0.494 e. The molecule has 0 saturated carbocycles. The Bertz CT molecular complexity index is 1770. The lowest BCUT2D eigenvalue weighted by Crippen LogP contribution is -2.54. The minimum absolute atomic E-state index is 0.0350. The van der Waals surface area contributed by atoms with E-state index in [9.17, 15) is 9.18 Å². The molecule has 1 heterocycles. The minimum atomic E-state index is -1.52. The van der Waals surface area contributed by atoms with E-state index < -0.39 is 17.6 Å². The summed E-state index contributed by atoms with van der Waals surface area (Å²) in [5.41, 5.74) is 16.7. The third-order valence-corrected chi connectivity index (χ3v) is 8.50. The molecule has 47 heavy (non-hydrogen) atoms. The number of aliphatic hydroxyl groups excluding tert-OH is 1. The van der Waals surface area contributed by atoms with Crippen LogP contribution in [0.2, 0.25) is 0 Å². The second-order valence-electron chi connectivity index (χ2n) is 10.9. The van der Waals surface area contributed by atoms with Gasteiger partial charge in [-0.25, -0.2) is 14.8 Å². The normalized spacial score (nSPS) is 16.9. The molecule has 5 rings (SSSR count). The molecule has 0 fully saturated rings. The van der Waals surface area contributed by atoms with Crippen molar-refractivity contribution in [1.82, 2.24) is 10.9 Å². The zero-order valence-corrected chi connectivity index (χ0v) is 27.1. The number of rotatable bonds is 15. The standard InChI is InChI=1S/C35H34BrFN6O4/c36-30-12-5-4-11-29(30)32-35(22-26-9-1-2-10-27(26)23-40-43-38,34(45)42-39-19-18-24-8-3-6-13-31(24)37)41-33(47-32)25-14-16-28(17-15-25)46-21-7-20-44/h1-6,8-17,32,39,44H,7,18-23H2,(H,42,45)/t32-,35-/m0/s1. The van der Waals surface area contributed by atoms with Crippen molar-refractivity contribution in [1.29, 1.82) is 0 Å². The van der Waals surface area contributed by atoms with Gasteiger partial charge in [-0.15, -0.1) is 0 Å². The predicted molar refractivity (Wildman–Crippen MR) is 180 cm³/mol. The van der Waals surface area contributed by atoms with E-state index in [1.165, 1.54) is 6.07 Å². The van der Waals surface area contributed by atoms with Crippen LogP contribution in [0.1, 0.15) is 40.3 Å². The van der Waals surface area contributed by atoms with Gasteiger partial charge in [-0.05, 0) is 65.0 Å². The quantitative estimate of drug-likeness (QED) is 0.0426. The molecule has 0 saturated heterocycles. The molecule has 10 nitrogen and oxygen atoms in total. The number of benzene rings is 4. The summed E-state index contributed by atoms with van der Waals surface area (Å²) in [5.74, 6) is 0.121. The van der Waals surface area contributed by atoms with Crippen LogP contribution in [0.5, 0.6) is 5.75 Å². The van der Waals surface area contributed by atoms with Gasteiger partial charge in [0.05, 0.1) is 13.2 Å². The molecule has 1 aliphatic rings. The van der Waals surface area contributed by atoms with E-state index in [-0.39, 0.29) is 37.8 Å². The third-order valence-electron chi connectivity index (χ3n) is 7.78. The van der Waals surface area contributed by atoms with E-state index in [0.717, 1.165) is 15.6 Å². The van der Waals surface area contributed by atoms with E-state index >= 15 is 0 Å². The largest absolute Gasteiger partial charge is 0.494 e. The number of hydrogen-bond donors (Lipinski definition) is 3. The number of carbonyl (C=O) groups is 1. The van der Waals surface area contributed by atoms with Crippen molar-refractivity contribution in [2.45, 2.75) is 37.5 Å². The van der Waals surface area contributed by atoms with Gasteiger partial charge in [0.25, 0.3) is 5.91 Å². The van der Waals surface area contributed by atoms with E-state index in [0.29, 0.717) is 41.9 Å². The number of nitrogens with one attached hydrogen (secondary N) is 2. The zero-order chi connectivity index (χ0) is 33.1. The molecule has 0 unspecified atom stereocenters. The first-order chi connectivity index (χ1) is 22.9. The summed E-state index contributed by atoms with van der Waals surface area (Å²) >= 11 is 3.65. The fourth-order valence-corrected chi connectivity index (χ4v) is 5.87. The Hall–Kier alpha value is -4.74. The van der Waals surface area contributed by atoms with E-state index in [4.69, 9.17) is 25.1 Å². The van der Waals surface area contributed by atoms with Crippen molar-refractivity contribution < 1.29 is 23.8 Å². The van der Waals surface area contributed by atoms with Crippen LogP contribution in [0.4, 0.5) is 4.39 Å². The molecule has 0 aromatic heterocycles. The summed E-state index contributed by atoms with van der Waals surface area (Å²) in [5, 5.41) is 12.8. The SMILES string of the molecule is [N-]=[N+]=NCc1ccccc1C[C@]1(C(=O)NNCCc2ccccc2F)N=C(c2ccc(OCCCO)cc2)O[C@H]1c1ccccc1Br. The Labute approximate surface area is 280 Å². The highest BCUT2D eigenvalue weighted by molar-refractivity contribution is 9.10. The number of carbonyl (C=O) groups excluding carboxylic acids is 1. The maximum absolute atomic E-state index is 14.5. The second-order valence-corrected chi connectivity index (χ2v) is 11.7. The number of hydrazine groups is 1. The van der Waals surface area contributed by atoms with Gasteiger partial charge in [-0.2, -0.15) is 0 Å². The van der Waals surface area contributed by atoms with Crippen molar-refractivity contribution in [2.75, 3.05) is 19.8 Å². The summed E-state index contributed by atoms with van der Waals surface area (Å²) in [6, 6.07) is 28.6. The highest BCUT2D eigenvalue weighted by Gasteiger charge is 2.54. The summed E-state index contributed by atoms with van der Waals surface area (Å²) < 4.78 is 27.3. The van der Waals surface area contributed by atoms with E-state index in [2.05, 4.69) is 36.8 Å². The average molecular weight is 702 g/mol. The van der Waals surface area contributed by atoms with Crippen LogP contribution < -0.4 is 15.6 Å². The van der Waals surface area contributed by atoms with E-state index in [1.807, 2.05) is 48.5 Å². The highest BCUT2D eigenvalue weighted by Crippen LogP contribution is 2.45. The lowest BCUT2D eigenvalue weighted by Gasteiger charge is -2.32. The molecular weight excluding hydrogens is 667 g/mol. The molecule has 0 radical (unpaired) electrons. The summed E-state index contributed by atoms with van der Waals surface area (Å²) in [4.78, 5) is 22.4. The molecule has 0 bridgehead atoms. The Morgan fingerprint density at radius 3 is 2.45 bits per heavy atom. The number of azide groups is 1. The van der Waals surface area contributed by atoms with Gasteiger partial charge >= 0.3 is 0 Å². The molecule has 3 N–H and O–H groups in total. The number of hydrogen-bond acceptors (Lipinski definition) is 7. The molecule has 12 heteroatoms. The smallest absolute Gasteiger partial charge is 0.266 e. The molecule has 2 atom stereocenters. The number of nitrogens with zero attached hydrogens (tertiary/aromatic N) is 4. The third kappa shape index (κ3) is 8.16. The fraction of sp³-hybridized carbons (Fsp3) is 0.257. The second kappa shape index (κ2) is 16.2. The van der Waals surface area contributed by atoms with Crippen LogP contribution in [0, 0.1) is 5.82 Å². The fourth-order valence-electron chi connectivity index (χ4n) is 5.38. The van der Waals surface area contributed by atoms with Gasteiger partial charge in [-0.1, -0.05) is 81.7 Å². The molecule has 0 spiro atoms. The molecule has 1 aliphatic heterocycles. The Morgan fingerprint density at radius 2 is 1.72 bits per heavy atom. The highest BCUT2D eigenvalue weighted by atomic mass is 79.9. The van der Waals surface area contributed by atoms with Gasteiger partial charge in [0.15, 0.2) is 11.6 Å². The Morgan fingerprint density at radius 1 is 1.02 bits per heavy atom. The lowest BCUT2D eigenvalue weighted by molar-refractivity contribution is -0.130. The average Bonchev–Trinajstić information content (AvgIpc) is 3.47. The van der Waals surface area contributed by atoms with Crippen LogP contribution >= 0.6 is 15.9 Å². The van der Waals surface area contributed by atoms with Gasteiger partial charge < -0.3 is 14.6 Å². The maximum atomic E-state index is 14.5. The van der Waals surface area contributed by atoms with Crippen molar-refractivity contribution >= 4 is 27.7 Å². The monoisotopic (exact) mass is 700 g/mol. The van der Waals surface area contributed by atoms with Crippen LogP contribution in [0.3, 0.4) is 0 Å². The van der Waals surface area contributed by atoms with Gasteiger partial charge in [0.1, 0.15) is 11.6 Å². The van der Waals surface area contributed by atoms with Gasteiger partial charge in [0, 0.05) is 46.5 Å². The number of amides is 1. The predicted octanol–water partition coefficient (Wildman–Crippen LogP) is 6.52. The summed E-state index contributed by atoms with van der Waals surface area (Å²) in [6.45, 7) is 0.776. The number of aliphatic imine (C=N–C) groups is 1. The van der Waals surface area contributed by atoms with Gasteiger partial charge in [0.2, 0.25) is 5.90 Å². The van der Waals surface area contributed by atoms with E-state index in [1.54, 1.807) is 42.5 Å². The Balaban J connectivity index is 1.53. The van der Waals surface area contributed by atoms with Crippen molar-refractivity contribution in [3.8, 4) is 5.75 Å². The topological polar surface area (TPSA) is 141 Å². The molecule has 0 aliphatic carbocycles.